The summed E-state index contributed by atoms with van der Waals surface area (Å²) in [5.41, 5.74) is 0.597. The van der Waals surface area contributed by atoms with Crippen molar-refractivity contribution < 1.29 is 9.53 Å². The zero-order chi connectivity index (χ0) is 8.85. The molecule has 0 aromatic rings. The first-order valence-corrected chi connectivity index (χ1v) is 3.14. The van der Waals surface area contributed by atoms with Gasteiger partial charge in [-0.3, -0.25) is 5.41 Å². The molecule has 0 aliphatic heterocycles. The lowest BCUT2D eigenvalue weighted by atomic mass is 10.3. The molecule has 0 radical (unpaired) electrons. The summed E-state index contributed by atoms with van der Waals surface area (Å²) >= 11 is 0. The molecule has 0 heterocycles. The lowest BCUT2D eigenvalue weighted by molar-refractivity contribution is -0.132. The highest BCUT2D eigenvalue weighted by molar-refractivity contribution is 6.39. The van der Waals surface area contributed by atoms with E-state index in [4.69, 9.17) is 5.41 Å². The van der Waals surface area contributed by atoms with E-state index in [0.717, 1.165) is 5.70 Å². The fourth-order valence-electron chi connectivity index (χ4n) is 0.458. The Morgan fingerprint density at radius 3 is 2.55 bits per heavy atom. The van der Waals surface area contributed by atoms with Gasteiger partial charge >= 0.3 is 5.97 Å². The topological polar surface area (TPSA) is 62.2 Å². The summed E-state index contributed by atoms with van der Waals surface area (Å²) in [6.45, 7) is 1.76. The Bertz CT molecular complexity index is 197. The number of esters is 1. The number of methoxy groups -OCH3 is 1. The third-order valence-electron chi connectivity index (χ3n) is 1.16. The first-order valence-electron chi connectivity index (χ1n) is 3.14. The minimum absolute atomic E-state index is 0.153. The van der Waals surface area contributed by atoms with Crippen molar-refractivity contribution in [2.24, 2.45) is 0 Å². The molecule has 0 saturated carbocycles. The Labute approximate surface area is 65.7 Å². The van der Waals surface area contributed by atoms with E-state index in [2.05, 4.69) is 10.1 Å². The largest absolute Gasteiger partial charge is 0.464 e. The minimum Gasteiger partial charge on any atom is -0.464 e. The van der Waals surface area contributed by atoms with Crippen molar-refractivity contribution in [3.63, 3.8) is 0 Å². The van der Waals surface area contributed by atoms with Gasteiger partial charge in [0.15, 0.2) is 0 Å². The second-order valence-electron chi connectivity index (χ2n) is 1.98. The second kappa shape index (κ2) is 4.49. The van der Waals surface area contributed by atoms with Gasteiger partial charge in [0.05, 0.1) is 7.11 Å². The Morgan fingerprint density at radius 1 is 1.64 bits per heavy atom. The lowest BCUT2D eigenvalue weighted by Crippen LogP contribution is -2.14. The maximum absolute atomic E-state index is 10.6. The number of allylic oxidation sites excluding steroid dienone is 1. The molecule has 0 bridgehead atoms. The fourth-order valence-corrected chi connectivity index (χ4v) is 0.458. The number of ether oxygens (including phenoxy) is 1. The van der Waals surface area contributed by atoms with Gasteiger partial charge in [0.2, 0.25) is 0 Å². The highest BCUT2D eigenvalue weighted by Crippen LogP contribution is 1.88. The summed E-state index contributed by atoms with van der Waals surface area (Å²) in [4.78, 5) is 10.6. The average molecular weight is 156 g/mol. The molecule has 2 N–H and O–H groups in total. The Balaban J connectivity index is 4.17. The molecule has 0 fully saturated rings. The summed E-state index contributed by atoms with van der Waals surface area (Å²) in [7, 11) is 2.97. The van der Waals surface area contributed by atoms with Crippen LogP contribution in [-0.2, 0) is 9.53 Å². The van der Waals surface area contributed by atoms with Crippen LogP contribution < -0.4 is 5.32 Å². The molecule has 62 valence electrons. The molecule has 0 saturated heterocycles. The molecule has 0 aromatic heterocycles. The lowest BCUT2D eigenvalue weighted by Gasteiger charge is -1.98. The van der Waals surface area contributed by atoms with E-state index < -0.39 is 5.97 Å². The number of hydrogen-bond donors (Lipinski definition) is 2. The molecular formula is C7H12N2O2. The van der Waals surface area contributed by atoms with Gasteiger partial charge in [-0.1, -0.05) is 0 Å². The molecule has 4 nitrogen and oxygen atoms in total. The van der Waals surface area contributed by atoms with Crippen LogP contribution >= 0.6 is 0 Å². The molecule has 0 unspecified atom stereocenters. The molecule has 0 rings (SSSR count). The SMILES string of the molecule is CN/C(C)=C\C(=N)C(=O)OC. The third kappa shape index (κ3) is 3.40. The zero-order valence-corrected chi connectivity index (χ0v) is 6.89. The van der Waals surface area contributed by atoms with Gasteiger partial charge in [0.25, 0.3) is 0 Å². The molecule has 0 aliphatic rings. The predicted molar refractivity (Wildman–Crippen MR) is 42.6 cm³/mol. The van der Waals surface area contributed by atoms with Crippen molar-refractivity contribution >= 4 is 11.7 Å². The standard InChI is InChI=1S/C7H12N2O2/c1-5(9-2)4-6(8)7(10)11-3/h4,8-9H,1-3H3/b5-4-,8-6?. The van der Waals surface area contributed by atoms with Crippen LogP contribution in [0.4, 0.5) is 0 Å². The molecule has 0 aromatic carbocycles. The highest BCUT2D eigenvalue weighted by atomic mass is 16.5. The van der Waals surface area contributed by atoms with Gasteiger partial charge in [0, 0.05) is 12.7 Å². The Hall–Kier alpha value is -1.32. The number of hydrogen-bond acceptors (Lipinski definition) is 4. The van der Waals surface area contributed by atoms with Crippen molar-refractivity contribution in [3.8, 4) is 0 Å². The van der Waals surface area contributed by atoms with Crippen molar-refractivity contribution in [2.45, 2.75) is 6.92 Å². The van der Waals surface area contributed by atoms with E-state index in [1.165, 1.54) is 13.2 Å². The van der Waals surface area contributed by atoms with Gasteiger partial charge in [0.1, 0.15) is 5.71 Å². The van der Waals surface area contributed by atoms with Crippen molar-refractivity contribution in [1.82, 2.24) is 5.32 Å². The van der Waals surface area contributed by atoms with Crippen LogP contribution in [0.3, 0.4) is 0 Å². The van der Waals surface area contributed by atoms with Gasteiger partial charge < -0.3 is 10.1 Å². The first kappa shape index (κ1) is 9.68. The molecule has 0 aliphatic carbocycles. The van der Waals surface area contributed by atoms with Crippen LogP contribution in [0.1, 0.15) is 6.92 Å². The smallest absolute Gasteiger partial charge is 0.355 e. The molecule has 11 heavy (non-hydrogen) atoms. The fraction of sp³-hybridized carbons (Fsp3) is 0.429. The molecule has 4 heteroatoms. The summed E-state index contributed by atoms with van der Waals surface area (Å²) in [5.74, 6) is -0.625. The number of rotatable bonds is 3. The average Bonchev–Trinajstić information content (AvgIpc) is 2.02. The first-order chi connectivity index (χ1) is 5.11. The summed E-state index contributed by atoms with van der Waals surface area (Å²) in [5, 5.41) is 9.92. The molecular weight excluding hydrogens is 144 g/mol. The van der Waals surface area contributed by atoms with Crippen LogP contribution in [0.5, 0.6) is 0 Å². The number of nitrogens with one attached hydrogen (secondary N) is 2. The van der Waals surface area contributed by atoms with E-state index >= 15 is 0 Å². The van der Waals surface area contributed by atoms with Gasteiger partial charge in [-0.2, -0.15) is 0 Å². The van der Waals surface area contributed by atoms with E-state index in [-0.39, 0.29) is 5.71 Å². The molecule has 0 amide bonds. The Kier molecular flexibility index (Phi) is 3.95. The monoisotopic (exact) mass is 156 g/mol. The van der Waals surface area contributed by atoms with E-state index in [9.17, 15) is 4.79 Å². The number of carbonyl (C=O) groups is 1. The van der Waals surface area contributed by atoms with Crippen molar-refractivity contribution in [1.29, 1.82) is 5.41 Å². The van der Waals surface area contributed by atoms with E-state index in [1.54, 1.807) is 14.0 Å². The zero-order valence-electron chi connectivity index (χ0n) is 6.89. The van der Waals surface area contributed by atoms with Gasteiger partial charge in [-0.05, 0) is 13.0 Å². The van der Waals surface area contributed by atoms with E-state index in [1.807, 2.05) is 0 Å². The van der Waals surface area contributed by atoms with Crippen LogP contribution in [0, 0.1) is 5.41 Å². The maximum atomic E-state index is 10.6. The molecule has 0 atom stereocenters. The number of carbonyl (C=O) groups excluding carboxylic acids is 1. The predicted octanol–water partition coefficient (Wildman–Crippen LogP) is 0.302. The summed E-state index contributed by atoms with van der Waals surface area (Å²) in [6, 6.07) is 0. The van der Waals surface area contributed by atoms with Gasteiger partial charge in [-0.25, -0.2) is 4.79 Å². The second-order valence-corrected chi connectivity index (χ2v) is 1.98. The van der Waals surface area contributed by atoms with Gasteiger partial charge in [-0.15, -0.1) is 0 Å². The summed E-state index contributed by atoms with van der Waals surface area (Å²) < 4.78 is 4.32. The van der Waals surface area contributed by atoms with Crippen LogP contribution in [0.15, 0.2) is 11.8 Å². The van der Waals surface area contributed by atoms with Crippen LogP contribution in [-0.4, -0.2) is 25.8 Å². The van der Waals surface area contributed by atoms with Crippen LogP contribution in [0.2, 0.25) is 0 Å². The maximum Gasteiger partial charge on any atom is 0.355 e. The Morgan fingerprint density at radius 2 is 2.18 bits per heavy atom. The third-order valence-corrected chi connectivity index (χ3v) is 1.16. The summed E-state index contributed by atoms with van der Waals surface area (Å²) in [6.07, 6.45) is 1.41. The quantitative estimate of drug-likeness (QED) is 0.456. The highest BCUT2D eigenvalue weighted by Gasteiger charge is 2.04. The van der Waals surface area contributed by atoms with Crippen molar-refractivity contribution in [2.75, 3.05) is 14.2 Å². The van der Waals surface area contributed by atoms with Crippen LogP contribution in [0.25, 0.3) is 0 Å². The molecule has 0 spiro atoms. The normalized spacial score (nSPS) is 10.6. The van der Waals surface area contributed by atoms with E-state index in [0.29, 0.717) is 0 Å². The van der Waals surface area contributed by atoms with Crippen molar-refractivity contribution in [3.05, 3.63) is 11.8 Å². The minimum atomic E-state index is -0.625.